The molecular weight excluding hydrogens is 804 g/mol. The predicted octanol–water partition coefficient (Wildman–Crippen LogP) is 6.99. The fourth-order valence-electron chi connectivity index (χ4n) is 10.4. The predicted molar refractivity (Wildman–Crippen MR) is 233 cm³/mol. The highest BCUT2D eigenvalue weighted by atomic mass is 19.1. The van der Waals surface area contributed by atoms with Crippen molar-refractivity contribution in [3.63, 3.8) is 0 Å². The standard InChI is InChI=1S/C47H47FN10O5/c1-26-19-34(8-10-35(26)48)58-41(56-17-16-55(45(56)61)33-9-12-37-32(21-33)25-49-53(37)6)40-28(3)54(15-13-36(40)51-58)42(59)39-22-31-20-29(30-14-18-62-46(4,5)24-30)7-11-38(31)57(39)47(23-27(47)2)43-50-44(60)63-52-43/h7-12,16-17,19-22,25,27-28,30H,13-15,18,23-24H2,1-6H3,(H,50,52,60)/t27-,28-,30-,47-/m0/s1. The number of H-pyrrole nitrogens is 1. The number of aromatic amines is 1. The summed E-state index contributed by atoms with van der Waals surface area (Å²) in [6.07, 6.45) is 8.00. The third-order valence-corrected chi connectivity index (χ3v) is 13.8. The number of nitrogens with one attached hydrogen (secondary N) is 1. The second kappa shape index (κ2) is 13.8. The zero-order valence-electron chi connectivity index (χ0n) is 35.9. The van der Waals surface area contributed by atoms with Crippen LogP contribution in [0, 0.1) is 18.7 Å². The van der Waals surface area contributed by atoms with Crippen molar-refractivity contribution >= 4 is 27.7 Å². The molecule has 1 saturated carbocycles. The third-order valence-electron chi connectivity index (χ3n) is 13.8. The number of halogens is 1. The van der Waals surface area contributed by atoms with Gasteiger partial charge in [-0.3, -0.25) is 28.1 Å². The molecule has 8 aromatic rings. The van der Waals surface area contributed by atoms with E-state index in [1.807, 2.05) is 43.1 Å². The third kappa shape index (κ3) is 6.01. The Labute approximate surface area is 360 Å². The summed E-state index contributed by atoms with van der Waals surface area (Å²) < 4.78 is 34.5. The Morgan fingerprint density at radius 1 is 0.937 bits per heavy atom. The summed E-state index contributed by atoms with van der Waals surface area (Å²) in [5.41, 5.74) is 5.13. The van der Waals surface area contributed by atoms with Gasteiger partial charge in [0, 0.05) is 60.9 Å². The van der Waals surface area contributed by atoms with Crippen LogP contribution in [0.3, 0.4) is 0 Å². The van der Waals surface area contributed by atoms with Gasteiger partial charge in [0.1, 0.15) is 22.9 Å². The van der Waals surface area contributed by atoms with Gasteiger partial charge in [-0.2, -0.15) is 10.2 Å². The van der Waals surface area contributed by atoms with Crippen molar-refractivity contribution in [3.05, 3.63) is 140 Å². The number of carbonyl (C=O) groups excluding carboxylic acids is 1. The highest BCUT2D eigenvalue weighted by molar-refractivity contribution is 6.00. The van der Waals surface area contributed by atoms with Crippen LogP contribution in [0.4, 0.5) is 4.39 Å². The molecule has 1 amide bonds. The van der Waals surface area contributed by atoms with E-state index in [2.05, 4.69) is 58.8 Å². The number of nitrogens with zero attached hydrogens (tertiary/aromatic N) is 9. The molecule has 322 valence electrons. The second-order valence-corrected chi connectivity index (χ2v) is 18.2. The number of amides is 1. The summed E-state index contributed by atoms with van der Waals surface area (Å²) in [7, 11) is 1.87. The summed E-state index contributed by atoms with van der Waals surface area (Å²) in [6.45, 7) is 11.0. The maximum absolute atomic E-state index is 15.5. The van der Waals surface area contributed by atoms with Crippen molar-refractivity contribution < 1.29 is 18.4 Å². The summed E-state index contributed by atoms with van der Waals surface area (Å²) in [5, 5.41) is 15.4. The number of aryl methyl sites for hydroxylation is 2. The van der Waals surface area contributed by atoms with Crippen LogP contribution in [-0.4, -0.2) is 73.0 Å². The fourth-order valence-corrected chi connectivity index (χ4v) is 10.4. The van der Waals surface area contributed by atoms with Gasteiger partial charge < -0.3 is 14.2 Å². The molecule has 0 spiro atoms. The number of ether oxygens (including phenoxy) is 1. The van der Waals surface area contributed by atoms with Crippen LogP contribution in [0.25, 0.3) is 39.0 Å². The first-order valence-corrected chi connectivity index (χ1v) is 21.5. The lowest BCUT2D eigenvalue weighted by molar-refractivity contribution is -0.0592. The van der Waals surface area contributed by atoms with E-state index < -0.39 is 17.3 Å². The highest BCUT2D eigenvalue weighted by Gasteiger charge is 2.59. The fraction of sp³-hybridized carbons (Fsp3) is 0.362. The quantitative estimate of drug-likeness (QED) is 0.180. The number of hydrogen-bond donors (Lipinski definition) is 1. The van der Waals surface area contributed by atoms with E-state index in [0.717, 1.165) is 40.3 Å². The molecule has 3 aliphatic rings. The first-order valence-electron chi connectivity index (χ1n) is 21.5. The van der Waals surface area contributed by atoms with E-state index in [1.165, 1.54) is 11.6 Å². The number of rotatable bonds is 7. The van der Waals surface area contributed by atoms with Gasteiger partial charge in [-0.05, 0) is 125 Å². The lowest BCUT2D eigenvalue weighted by Gasteiger charge is -2.35. The molecule has 0 bridgehead atoms. The SMILES string of the molecule is Cc1cc(-n2nc3c(c2-n2ccn(-c4ccc5c(cnn5C)c4)c2=O)[C@H](C)N(C(=O)c2cc4cc([C@H]5CCOC(C)(C)C5)ccc4n2[C@@]2(c4noc(=O)[nH]4)C[C@@H]2C)CC3)ccc1F. The summed E-state index contributed by atoms with van der Waals surface area (Å²) in [6, 6.07) is 18.3. The lowest BCUT2D eigenvalue weighted by atomic mass is 9.83. The number of fused-ring (bicyclic) bond motifs is 3. The summed E-state index contributed by atoms with van der Waals surface area (Å²) in [5.74, 6) is -0.0676. The number of hydrogen-bond acceptors (Lipinski definition) is 8. The van der Waals surface area contributed by atoms with Crippen LogP contribution in [0.1, 0.15) is 97.6 Å². The van der Waals surface area contributed by atoms with Crippen LogP contribution in [0.5, 0.6) is 0 Å². The van der Waals surface area contributed by atoms with Crippen molar-refractivity contribution in [2.24, 2.45) is 13.0 Å². The minimum atomic E-state index is -0.823. The normalized spacial score (nSPS) is 22.0. The molecule has 16 heteroatoms. The topological polar surface area (TPSA) is 156 Å². The largest absolute Gasteiger partial charge is 0.438 e. The molecule has 1 N–H and O–H groups in total. The van der Waals surface area contributed by atoms with E-state index >= 15 is 4.79 Å². The van der Waals surface area contributed by atoms with Crippen molar-refractivity contribution in [2.75, 3.05) is 13.2 Å². The van der Waals surface area contributed by atoms with Gasteiger partial charge in [-0.15, -0.1) is 0 Å². The Hall–Kier alpha value is -6.81. The molecule has 1 aliphatic carbocycles. The molecule has 15 nitrogen and oxygen atoms in total. The van der Waals surface area contributed by atoms with Crippen molar-refractivity contribution in [1.82, 2.24) is 48.3 Å². The van der Waals surface area contributed by atoms with Gasteiger partial charge in [0.05, 0.1) is 40.4 Å². The van der Waals surface area contributed by atoms with E-state index in [1.54, 1.807) is 56.1 Å². The van der Waals surface area contributed by atoms with Crippen molar-refractivity contribution in [1.29, 1.82) is 0 Å². The minimum absolute atomic E-state index is 0.0283. The Bertz CT molecular complexity index is 3290. The summed E-state index contributed by atoms with van der Waals surface area (Å²) >= 11 is 0. The zero-order valence-corrected chi connectivity index (χ0v) is 35.9. The van der Waals surface area contributed by atoms with Crippen molar-refractivity contribution in [3.8, 4) is 17.2 Å². The molecule has 4 atom stereocenters. The Morgan fingerprint density at radius 2 is 1.71 bits per heavy atom. The number of carbonyl (C=O) groups is 1. The lowest BCUT2D eigenvalue weighted by Crippen LogP contribution is -2.41. The van der Waals surface area contributed by atoms with Gasteiger partial charge in [0.25, 0.3) is 5.91 Å². The number of imidazole rings is 1. The molecule has 0 unspecified atom stereocenters. The maximum atomic E-state index is 15.5. The summed E-state index contributed by atoms with van der Waals surface area (Å²) in [4.78, 5) is 47.2. The first-order chi connectivity index (χ1) is 30.2. The van der Waals surface area contributed by atoms with Crippen LogP contribution in [-0.2, 0) is 23.7 Å². The molecule has 63 heavy (non-hydrogen) atoms. The van der Waals surface area contributed by atoms with Gasteiger partial charge in [0.15, 0.2) is 5.82 Å². The molecule has 2 aliphatic heterocycles. The van der Waals surface area contributed by atoms with E-state index in [0.29, 0.717) is 71.7 Å². The molecular formula is C47H47FN10O5. The van der Waals surface area contributed by atoms with E-state index in [9.17, 15) is 14.0 Å². The Balaban J connectivity index is 1.05. The smallest absolute Gasteiger partial charge is 0.376 e. The maximum Gasteiger partial charge on any atom is 0.438 e. The monoisotopic (exact) mass is 850 g/mol. The van der Waals surface area contributed by atoms with Crippen molar-refractivity contribution in [2.45, 2.75) is 83.4 Å². The van der Waals surface area contributed by atoms with E-state index in [-0.39, 0.29) is 28.9 Å². The Morgan fingerprint density at radius 3 is 2.46 bits per heavy atom. The van der Waals surface area contributed by atoms with Crippen LogP contribution >= 0.6 is 0 Å². The van der Waals surface area contributed by atoms with Gasteiger partial charge in [0.2, 0.25) is 0 Å². The average molecular weight is 851 g/mol. The van der Waals surface area contributed by atoms with Gasteiger partial charge in [-0.1, -0.05) is 18.1 Å². The van der Waals surface area contributed by atoms with Crippen LogP contribution < -0.4 is 11.4 Å². The molecule has 7 heterocycles. The first kappa shape index (κ1) is 39.1. The Kier molecular flexibility index (Phi) is 8.59. The molecule has 11 rings (SSSR count). The molecule has 3 aromatic carbocycles. The molecule has 0 radical (unpaired) electrons. The zero-order chi connectivity index (χ0) is 43.7. The minimum Gasteiger partial charge on any atom is -0.376 e. The average Bonchev–Trinajstić information content (AvgIpc) is 3.89. The highest BCUT2D eigenvalue weighted by Crippen LogP contribution is 2.56. The second-order valence-electron chi connectivity index (χ2n) is 18.2. The van der Waals surface area contributed by atoms with Crippen LogP contribution in [0.15, 0.2) is 93.4 Å². The van der Waals surface area contributed by atoms with E-state index in [4.69, 9.17) is 14.4 Å². The number of benzene rings is 3. The van der Waals surface area contributed by atoms with Gasteiger partial charge in [-0.25, -0.2) is 18.7 Å². The molecule has 2 fully saturated rings. The molecule has 5 aromatic heterocycles. The van der Waals surface area contributed by atoms with Gasteiger partial charge >= 0.3 is 11.4 Å². The van der Waals surface area contributed by atoms with Crippen LogP contribution in [0.2, 0.25) is 0 Å². The molecule has 1 saturated heterocycles. The number of aromatic nitrogens is 9.